The molecule has 0 saturated carbocycles. The molecule has 1 N–H and O–H groups in total. The smallest absolute Gasteiger partial charge is 0.340 e. The number of carbonyl (C=O) groups excluding carboxylic acids is 1. The highest BCUT2D eigenvalue weighted by atomic mass is 32.2. The lowest BCUT2D eigenvalue weighted by molar-refractivity contribution is -0.142. The largest absolute Gasteiger partial charge is 0.478 e. The van der Waals surface area contributed by atoms with Crippen LogP contribution in [0.1, 0.15) is 42.1 Å². The Balaban J connectivity index is 3.12. The zero-order valence-electron chi connectivity index (χ0n) is 12.0. The van der Waals surface area contributed by atoms with Crippen LogP contribution in [0.2, 0.25) is 0 Å². The average Bonchev–Trinajstić information content (AvgIpc) is 2.34. The van der Waals surface area contributed by atoms with Gasteiger partial charge in [-0.2, -0.15) is 0 Å². The Labute approximate surface area is 122 Å². The number of aromatic carboxylic acids is 1. The number of carbonyl (C=O) groups is 2. The molecule has 20 heavy (non-hydrogen) atoms. The molecule has 0 aliphatic rings. The molecule has 110 valence electrons. The van der Waals surface area contributed by atoms with Gasteiger partial charge < -0.3 is 9.84 Å². The Morgan fingerprint density at radius 2 is 1.95 bits per heavy atom. The quantitative estimate of drug-likeness (QED) is 0.489. The summed E-state index contributed by atoms with van der Waals surface area (Å²) in [7, 11) is 0. The van der Waals surface area contributed by atoms with E-state index in [0.717, 1.165) is 11.8 Å². The van der Waals surface area contributed by atoms with Crippen LogP contribution in [0.4, 0.5) is 0 Å². The lowest BCUT2D eigenvalue weighted by atomic mass is 10.2. The second-order valence-corrected chi connectivity index (χ2v) is 5.30. The number of nitrogens with zero attached hydrogens (tertiary/aromatic N) is 2. The number of aromatic nitrogens is 2. The highest BCUT2D eigenvalue weighted by Gasteiger charge is 2.25. The predicted molar refractivity (Wildman–Crippen MR) is 75.0 cm³/mol. The van der Waals surface area contributed by atoms with Crippen molar-refractivity contribution in [2.45, 2.75) is 44.4 Å². The van der Waals surface area contributed by atoms with Crippen LogP contribution in [0.15, 0.2) is 5.03 Å². The van der Waals surface area contributed by atoms with Crippen LogP contribution in [0.5, 0.6) is 0 Å². The SMILES string of the molecule is CCOC(=O)C(CC)Sc1nc(C)nc(C)c1C(=O)O. The fraction of sp³-hybridized carbons (Fsp3) is 0.538. The molecule has 0 bridgehead atoms. The van der Waals surface area contributed by atoms with Gasteiger partial charge in [0.25, 0.3) is 0 Å². The molecule has 1 atom stereocenters. The van der Waals surface area contributed by atoms with E-state index in [4.69, 9.17) is 4.74 Å². The molecular weight excluding hydrogens is 280 g/mol. The van der Waals surface area contributed by atoms with Crippen molar-refractivity contribution in [1.82, 2.24) is 9.97 Å². The topological polar surface area (TPSA) is 89.4 Å². The Hall–Kier alpha value is -1.63. The summed E-state index contributed by atoms with van der Waals surface area (Å²) in [5.74, 6) is -0.970. The van der Waals surface area contributed by atoms with E-state index in [-0.39, 0.29) is 11.5 Å². The van der Waals surface area contributed by atoms with Gasteiger partial charge in [0.2, 0.25) is 0 Å². The Morgan fingerprint density at radius 1 is 1.30 bits per heavy atom. The van der Waals surface area contributed by atoms with Gasteiger partial charge in [0.05, 0.1) is 12.3 Å². The maximum absolute atomic E-state index is 11.8. The maximum Gasteiger partial charge on any atom is 0.340 e. The molecule has 0 fully saturated rings. The summed E-state index contributed by atoms with van der Waals surface area (Å²) in [4.78, 5) is 31.3. The Bertz CT molecular complexity index is 519. The predicted octanol–water partition coefficient (Wildman–Crippen LogP) is 2.23. The third-order valence-corrected chi connectivity index (χ3v) is 3.89. The molecule has 1 rings (SSSR count). The van der Waals surface area contributed by atoms with Crippen molar-refractivity contribution in [3.8, 4) is 0 Å². The van der Waals surface area contributed by atoms with Crippen molar-refractivity contribution in [1.29, 1.82) is 0 Å². The first-order chi connectivity index (χ1) is 9.40. The van der Waals surface area contributed by atoms with E-state index in [2.05, 4.69) is 9.97 Å². The third kappa shape index (κ3) is 3.93. The van der Waals surface area contributed by atoms with Crippen molar-refractivity contribution >= 4 is 23.7 Å². The molecule has 0 aromatic carbocycles. The van der Waals surface area contributed by atoms with Crippen molar-refractivity contribution in [3.05, 3.63) is 17.1 Å². The summed E-state index contributed by atoms with van der Waals surface area (Å²) in [5, 5.41) is 9.09. The van der Waals surface area contributed by atoms with E-state index in [1.165, 1.54) is 0 Å². The van der Waals surface area contributed by atoms with Gasteiger partial charge in [-0.15, -0.1) is 0 Å². The fourth-order valence-electron chi connectivity index (χ4n) is 1.68. The molecule has 1 heterocycles. The number of carboxylic acid groups (broad SMARTS) is 1. The van der Waals surface area contributed by atoms with Crippen LogP contribution in [0.25, 0.3) is 0 Å². The maximum atomic E-state index is 11.8. The molecule has 7 heteroatoms. The molecule has 6 nitrogen and oxygen atoms in total. The van der Waals surface area contributed by atoms with Crippen LogP contribution in [-0.4, -0.2) is 38.9 Å². The Kier molecular flexibility index (Phi) is 5.94. The van der Waals surface area contributed by atoms with Gasteiger partial charge in [-0.05, 0) is 27.2 Å². The van der Waals surface area contributed by atoms with Crippen LogP contribution in [0.3, 0.4) is 0 Å². The van der Waals surface area contributed by atoms with Crippen LogP contribution in [0, 0.1) is 13.8 Å². The lowest BCUT2D eigenvalue weighted by Gasteiger charge is -2.14. The molecule has 1 aromatic rings. The van der Waals surface area contributed by atoms with E-state index in [1.807, 2.05) is 6.92 Å². The number of hydrogen-bond donors (Lipinski definition) is 1. The Morgan fingerprint density at radius 3 is 2.45 bits per heavy atom. The molecule has 0 spiro atoms. The zero-order valence-corrected chi connectivity index (χ0v) is 12.8. The number of aryl methyl sites for hydroxylation is 2. The highest BCUT2D eigenvalue weighted by Crippen LogP contribution is 2.29. The molecule has 0 radical (unpaired) electrons. The molecule has 0 amide bonds. The van der Waals surface area contributed by atoms with E-state index < -0.39 is 11.2 Å². The number of ether oxygens (including phenoxy) is 1. The molecule has 0 aliphatic heterocycles. The summed E-state index contributed by atoms with van der Waals surface area (Å²) in [6, 6.07) is 0. The molecule has 1 unspecified atom stereocenters. The van der Waals surface area contributed by atoms with Gasteiger partial charge in [0.15, 0.2) is 0 Å². The zero-order chi connectivity index (χ0) is 15.3. The molecular formula is C13H18N2O4S. The van der Waals surface area contributed by atoms with Crippen LogP contribution >= 0.6 is 11.8 Å². The monoisotopic (exact) mass is 298 g/mol. The van der Waals surface area contributed by atoms with Gasteiger partial charge in [0, 0.05) is 0 Å². The van der Waals surface area contributed by atoms with E-state index in [1.54, 1.807) is 20.8 Å². The van der Waals surface area contributed by atoms with Gasteiger partial charge in [-0.3, -0.25) is 4.79 Å². The van der Waals surface area contributed by atoms with E-state index in [9.17, 15) is 14.7 Å². The molecule has 1 aromatic heterocycles. The van der Waals surface area contributed by atoms with Crippen LogP contribution in [-0.2, 0) is 9.53 Å². The highest BCUT2D eigenvalue weighted by molar-refractivity contribution is 8.00. The van der Waals surface area contributed by atoms with Crippen LogP contribution < -0.4 is 0 Å². The lowest BCUT2D eigenvalue weighted by Crippen LogP contribution is -2.20. The van der Waals surface area contributed by atoms with Gasteiger partial charge >= 0.3 is 11.9 Å². The first-order valence-electron chi connectivity index (χ1n) is 6.32. The first-order valence-corrected chi connectivity index (χ1v) is 7.20. The number of carboxylic acids is 1. The summed E-state index contributed by atoms with van der Waals surface area (Å²) in [5.41, 5.74) is 0.439. The molecule has 0 aliphatic carbocycles. The van der Waals surface area contributed by atoms with Gasteiger partial charge in [-0.25, -0.2) is 14.8 Å². The number of esters is 1. The standard InChI is InChI=1S/C13H18N2O4S/c1-5-9(13(18)19-6-2)20-11-10(12(16)17)7(3)14-8(4)15-11/h9H,5-6H2,1-4H3,(H,16,17). The summed E-state index contributed by atoms with van der Waals surface area (Å²) >= 11 is 1.11. The number of thioether (sulfide) groups is 1. The minimum atomic E-state index is -1.09. The summed E-state index contributed by atoms with van der Waals surface area (Å²) in [6.07, 6.45) is 0.532. The third-order valence-electron chi connectivity index (χ3n) is 2.56. The normalized spacial score (nSPS) is 12.0. The average molecular weight is 298 g/mol. The van der Waals surface area contributed by atoms with E-state index >= 15 is 0 Å². The van der Waals surface area contributed by atoms with Crippen molar-refractivity contribution in [2.75, 3.05) is 6.61 Å². The first kappa shape index (κ1) is 16.4. The summed E-state index contributed by atoms with van der Waals surface area (Å²) in [6.45, 7) is 7.18. The van der Waals surface area contributed by atoms with Crippen molar-refractivity contribution in [3.63, 3.8) is 0 Å². The minimum Gasteiger partial charge on any atom is -0.478 e. The minimum absolute atomic E-state index is 0.0448. The number of rotatable bonds is 6. The summed E-state index contributed by atoms with van der Waals surface area (Å²) < 4.78 is 4.98. The van der Waals surface area contributed by atoms with Crippen molar-refractivity contribution < 1.29 is 19.4 Å². The number of hydrogen-bond acceptors (Lipinski definition) is 6. The fourth-order valence-corrected chi connectivity index (χ4v) is 2.82. The second kappa shape index (κ2) is 7.23. The van der Waals surface area contributed by atoms with Crippen molar-refractivity contribution in [2.24, 2.45) is 0 Å². The van der Waals surface area contributed by atoms with E-state index in [0.29, 0.717) is 29.6 Å². The van der Waals surface area contributed by atoms with Gasteiger partial charge in [0.1, 0.15) is 21.7 Å². The second-order valence-electron chi connectivity index (χ2n) is 4.11. The van der Waals surface area contributed by atoms with Gasteiger partial charge in [-0.1, -0.05) is 18.7 Å². The molecule has 0 saturated heterocycles.